The van der Waals surface area contributed by atoms with E-state index in [-0.39, 0.29) is 10.9 Å². The highest BCUT2D eigenvalue weighted by Crippen LogP contribution is 2.32. The van der Waals surface area contributed by atoms with Crippen LogP contribution in [0.3, 0.4) is 0 Å². The molecule has 0 aliphatic carbocycles. The fourth-order valence-electron chi connectivity index (χ4n) is 2.67. The third kappa shape index (κ3) is 3.68. The monoisotopic (exact) mass is 375 g/mol. The van der Waals surface area contributed by atoms with Crippen molar-refractivity contribution >= 4 is 21.4 Å². The van der Waals surface area contributed by atoms with Crippen LogP contribution in [0.4, 0.5) is 0 Å². The molecule has 5 nitrogen and oxygen atoms in total. The predicted molar refractivity (Wildman–Crippen MR) is 101 cm³/mol. The lowest BCUT2D eigenvalue weighted by atomic mass is 10.2. The smallest absolute Gasteiger partial charge is 0.247 e. The van der Waals surface area contributed by atoms with Crippen LogP contribution in [0.25, 0.3) is 10.6 Å². The highest BCUT2D eigenvalue weighted by atomic mass is 32.2. The maximum atomic E-state index is 13.4. The second kappa shape index (κ2) is 7.11. The van der Waals surface area contributed by atoms with Crippen LogP contribution in [0, 0.1) is 0 Å². The Kier molecular flexibility index (Phi) is 5.08. The first-order valence-electron chi connectivity index (χ1n) is 8.03. The van der Waals surface area contributed by atoms with Crippen molar-refractivity contribution in [3.63, 3.8) is 0 Å². The molecule has 3 aromatic rings. The van der Waals surface area contributed by atoms with E-state index in [1.807, 2.05) is 61.7 Å². The van der Waals surface area contributed by atoms with E-state index in [0.717, 1.165) is 10.4 Å². The van der Waals surface area contributed by atoms with Crippen LogP contribution in [0.2, 0.25) is 0 Å². The van der Waals surface area contributed by atoms with E-state index in [4.69, 9.17) is 0 Å². The average Bonchev–Trinajstić information content (AvgIpc) is 3.22. The number of aryl methyl sites for hydroxylation is 1. The number of hydrogen-bond acceptors (Lipinski definition) is 4. The van der Waals surface area contributed by atoms with E-state index in [0.29, 0.717) is 12.2 Å². The van der Waals surface area contributed by atoms with Crippen molar-refractivity contribution in [2.24, 2.45) is 7.05 Å². The minimum Gasteiger partial charge on any atom is -0.274 e. The van der Waals surface area contributed by atoms with Gasteiger partial charge in [-0.2, -0.15) is 9.40 Å². The van der Waals surface area contributed by atoms with Gasteiger partial charge in [0.1, 0.15) is 10.6 Å². The quantitative estimate of drug-likeness (QED) is 0.659. The molecule has 0 unspecified atom stereocenters. The molecule has 0 atom stereocenters. The highest BCUT2D eigenvalue weighted by molar-refractivity contribution is 7.89. The molecule has 0 aliphatic rings. The number of benzene rings is 1. The fourth-order valence-corrected chi connectivity index (χ4v) is 5.27. The Morgan fingerprint density at radius 2 is 1.88 bits per heavy atom. The van der Waals surface area contributed by atoms with Gasteiger partial charge >= 0.3 is 0 Å². The Bertz CT molecular complexity index is 930. The summed E-state index contributed by atoms with van der Waals surface area (Å²) < 4.78 is 29.9. The summed E-state index contributed by atoms with van der Waals surface area (Å²) in [6, 6.07) is 13.3. The summed E-state index contributed by atoms with van der Waals surface area (Å²) in [6.45, 7) is 4.11. The van der Waals surface area contributed by atoms with Gasteiger partial charge in [0, 0.05) is 25.8 Å². The Balaban J connectivity index is 2.05. The number of hydrogen-bond donors (Lipinski definition) is 0. The molecule has 2 heterocycles. The molecule has 0 amide bonds. The zero-order chi connectivity index (χ0) is 18.0. The largest absolute Gasteiger partial charge is 0.274 e. The fraction of sp³-hybridized carbons (Fsp3) is 0.278. The zero-order valence-electron chi connectivity index (χ0n) is 14.5. The topological polar surface area (TPSA) is 55.2 Å². The van der Waals surface area contributed by atoms with Crippen molar-refractivity contribution < 1.29 is 8.42 Å². The van der Waals surface area contributed by atoms with Gasteiger partial charge in [-0.3, -0.25) is 4.68 Å². The van der Waals surface area contributed by atoms with Gasteiger partial charge in [-0.1, -0.05) is 36.4 Å². The lowest BCUT2D eigenvalue weighted by molar-refractivity contribution is 0.348. The molecule has 0 saturated heterocycles. The molecule has 132 valence electrons. The number of nitrogens with zero attached hydrogens (tertiary/aromatic N) is 3. The van der Waals surface area contributed by atoms with Crippen LogP contribution in [-0.4, -0.2) is 28.5 Å². The summed E-state index contributed by atoms with van der Waals surface area (Å²) in [5, 5.41) is 6.31. The summed E-state index contributed by atoms with van der Waals surface area (Å²) in [5.41, 5.74) is 1.47. The molecule has 7 heteroatoms. The van der Waals surface area contributed by atoms with Gasteiger partial charge in [-0.25, -0.2) is 8.42 Å². The van der Waals surface area contributed by atoms with E-state index < -0.39 is 10.0 Å². The first-order valence-corrected chi connectivity index (χ1v) is 10.3. The van der Waals surface area contributed by atoms with Crippen molar-refractivity contribution in [2.75, 3.05) is 0 Å². The third-order valence-corrected chi connectivity index (χ3v) is 6.79. The summed E-state index contributed by atoms with van der Waals surface area (Å²) >= 11 is 1.48. The van der Waals surface area contributed by atoms with Gasteiger partial charge < -0.3 is 0 Å². The van der Waals surface area contributed by atoms with Crippen molar-refractivity contribution in [1.82, 2.24) is 14.1 Å². The van der Waals surface area contributed by atoms with E-state index in [1.54, 1.807) is 17.9 Å². The Morgan fingerprint density at radius 3 is 2.48 bits per heavy atom. The average molecular weight is 376 g/mol. The Morgan fingerprint density at radius 1 is 1.16 bits per heavy atom. The second-order valence-corrected chi connectivity index (χ2v) is 8.93. The summed E-state index contributed by atoms with van der Waals surface area (Å²) in [4.78, 5) is 1.10. The van der Waals surface area contributed by atoms with Gasteiger partial charge in [-0.05, 0) is 30.9 Å². The molecule has 25 heavy (non-hydrogen) atoms. The van der Waals surface area contributed by atoms with Crippen molar-refractivity contribution in [3.05, 3.63) is 59.6 Å². The molecule has 3 rings (SSSR count). The Hall–Kier alpha value is -1.96. The van der Waals surface area contributed by atoms with Gasteiger partial charge in [0.15, 0.2) is 0 Å². The molecule has 1 aromatic carbocycles. The third-order valence-electron chi connectivity index (χ3n) is 3.89. The van der Waals surface area contributed by atoms with Crippen LogP contribution < -0.4 is 0 Å². The molecular weight excluding hydrogens is 354 g/mol. The predicted octanol–water partition coefficient (Wildman–Crippen LogP) is 3.75. The van der Waals surface area contributed by atoms with Crippen molar-refractivity contribution in [3.8, 4) is 10.6 Å². The van der Waals surface area contributed by atoms with Gasteiger partial charge in [0.2, 0.25) is 10.0 Å². The van der Waals surface area contributed by atoms with Crippen LogP contribution in [0.5, 0.6) is 0 Å². The minimum atomic E-state index is -3.68. The number of aromatic nitrogens is 2. The van der Waals surface area contributed by atoms with Crippen LogP contribution in [0.15, 0.2) is 58.9 Å². The molecule has 2 aromatic heterocycles. The van der Waals surface area contributed by atoms with E-state index >= 15 is 0 Å². The van der Waals surface area contributed by atoms with Crippen molar-refractivity contribution in [1.29, 1.82) is 0 Å². The van der Waals surface area contributed by atoms with Gasteiger partial charge in [0.25, 0.3) is 0 Å². The molecule has 0 N–H and O–H groups in total. The zero-order valence-corrected chi connectivity index (χ0v) is 16.1. The molecule has 0 fully saturated rings. The first-order chi connectivity index (χ1) is 11.9. The van der Waals surface area contributed by atoms with Gasteiger partial charge in [0.05, 0.1) is 4.88 Å². The highest BCUT2D eigenvalue weighted by Gasteiger charge is 2.32. The molecule has 0 bridgehead atoms. The lowest BCUT2D eigenvalue weighted by Gasteiger charge is -2.25. The van der Waals surface area contributed by atoms with E-state index in [1.165, 1.54) is 15.6 Å². The molecule has 0 aliphatic heterocycles. The molecular formula is C18H21N3O2S2. The van der Waals surface area contributed by atoms with E-state index in [2.05, 4.69) is 5.10 Å². The number of sulfonamides is 1. The van der Waals surface area contributed by atoms with Crippen LogP contribution in [-0.2, 0) is 23.6 Å². The number of rotatable bonds is 6. The number of thiophene rings is 1. The molecule has 0 radical (unpaired) electrons. The first kappa shape index (κ1) is 17.8. The maximum absolute atomic E-state index is 13.4. The summed E-state index contributed by atoms with van der Waals surface area (Å²) in [5.74, 6) is 0. The SMILES string of the molecule is CC(C)N(Cc1ccccc1)S(=O)(=O)c1cn(C)nc1-c1cccs1. The lowest BCUT2D eigenvalue weighted by Crippen LogP contribution is -2.36. The normalized spacial score (nSPS) is 12.2. The van der Waals surface area contributed by atoms with E-state index in [9.17, 15) is 8.42 Å². The van der Waals surface area contributed by atoms with Crippen LogP contribution in [0.1, 0.15) is 19.4 Å². The second-order valence-electron chi connectivity index (χ2n) is 6.12. The van der Waals surface area contributed by atoms with Crippen LogP contribution >= 0.6 is 11.3 Å². The molecule has 0 saturated carbocycles. The Labute approximate surface area is 152 Å². The summed E-state index contributed by atoms with van der Waals surface area (Å²) in [7, 11) is -1.93. The van der Waals surface area contributed by atoms with Gasteiger partial charge in [-0.15, -0.1) is 11.3 Å². The molecule has 0 spiro atoms. The maximum Gasteiger partial charge on any atom is 0.247 e. The minimum absolute atomic E-state index is 0.165. The summed E-state index contributed by atoms with van der Waals surface area (Å²) in [6.07, 6.45) is 1.59. The standard InChI is InChI=1S/C18H21N3O2S2/c1-14(2)21(12-15-8-5-4-6-9-15)25(22,23)17-13-20(3)19-18(17)16-10-7-11-24-16/h4-11,13-14H,12H2,1-3H3. The van der Waals surface area contributed by atoms with Crippen molar-refractivity contribution in [2.45, 2.75) is 31.3 Å².